The predicted octanol–water partition coefficient (Wildman–Crippen LogP) is 4.52. The number of nitrogens with two attached hydrogens (primary N) is 1. The lowest BCUT2D eigenvalue weighted by molar-refractivity contribution is 0.110. The fraction of sp³-hybridized carbons (Fsp3) is 0.381. The molecule has 0 bridgehead atoms. The zero-order valence-electron chi connectivity index (χ0n) is 16.3. The molecule has 0 saturated carbocycles. The van der Waals surface area contributed by atoms with Gasteiger partial charge in [0.25, 0.3) is 0 Å². The summed E-state index contributed by atoms with van der Waals surface area (Å²) in [6.45, 7) is 8.38. The summed E-state index contributed by atoms with van der Waals surface area (Å²) in [6.07, 6.45) is 0.985. The smallest absolute Gasteiger partial charge is 0.193 e. The number of aryl methyl sites for hydroxylation is 2. The molecular weight excluding hydrogens is 453 g/mol. The highest BCUT2D eigenvalue weighted by Gasteiger charge is 2.05. The van der Waals surface area contributed by atoms with Gasteiger partial charge in [-0.3, -0.25) is 0 Å². The van der Waals surface area contributed by atoms with E-state index in [2.05, 4.69) is 35.4 Å². The molecule has 0 saturated heterocycles. The molecule has 0 fully saturated rings. The average molecular weight is 483 g/mol. The Morgan fingerprint density at radius 2 is 1.93 bits per heavy atom. The van der Waals surface area contributed by atoms with Gasteiger partial charge in [0, 0.05) is 17.9 Å². The highest BCUT2D eigenvalue weighted by atomic mass is 127. The van der Waals surface area contributed by atoms with E-state index in [0.29, 0.717) is 32.3 Å². The third-order valence-corrected chi connectivity index (χ3v) is 3.94. The van der Waals surface area contributed by atoms with E-state index in [4.69, 9.17) is 15.2 Å². The summed E-state index contributed by atoms with van der Waals surface area (Å²) in [5, 5.41) is 3.14. The van der Waals surface area contributed by atoms with E-state index in [0.717, 1.165) is 29.0 Å². The number of benzene rings is 2. The molecule has 0 aliphatic heterocycles. The summed E-state index contributed by atoms with van der Waals surface area (Å²) in [5.74, 6) is 1.22. The Balaban J connectivity index is 0.00000364. The fourth-order valence-electron chi connectivity index (χ4n) is 2.51. The lowest BCUT2D eigenvalue weighted by atomic mass is 10.1. The summed E-state index contributed by atoms with van der Waals surface area (Å²) in [6, 6.07) is 14.3. The van der Waals surface area contributed by atoms with Crippen LogP contribution in [-0.2, 0) is 17.7 Å². The van der Waals surface area contributed by atoms with Crippen molar-refractivity contribution >= 4 is 35.6 Å². The SMILES string of the molecule is CCOCCOc1cc(C)ccc1CN=C(N)Nc1cccc(CC)c1.I. The molecule has 0 aliphatic carbocycles. The predicted molar refractivity (Wildman–Crippen MR) is 123 cm³/mol. The minimum atomic E-state index is 0. The lowest BCUT2D eigenvalue weighted by Gasteiger charge is -2.12. The van der Waals surface area contributed by atoms with Gasteiger partial charge in [-0.25, -0.2) is 4.99 Å². The van der Waals surface area contributed by atoms with Gasteiger partial charge in [-0.15, -0.1) is 24.0 Å². The van der Waals surface area contributed by atoms with Crippen molar-refractivity contribution in [3.05, 3.63) is 59.2 Å². The van der Waals surface area contributed by atoms with E-state index in [9.17, 15) is 0 Å². The van der Waals surface area contributed by atoms with Crippen LogP contribution in [0.5, 0.6) is 5.75 Å². The first-order valence-corrected chi connectivity index (χ1v) is 9.08. The number of rotatable bonds is 9. The number of nitrogens with one attached hydrogen (secondary N) is 1. The van der Waals surface area contributed by atoms with Crippen LogP contribution in [0, 0.1) is 6.92 Å². The molecule has 2 aromatic rings. The molecule has 0 spiro atoms. The maximum atomic E-state index is 6.04. The summed E-state index contributed by atoms with van der Waals surface area (Å²) >= 11 is 0. The number of nitrogens with zero attached hydrogens (tertiary/aromatic N) is 1. The van der Waals surface area contributed by atoms with Crippen LogP contribution >= 0.6 is 24.0 Å². The molecule has 2 rings (SSSR count). The highest BCUT2D eigenvalue weighted by Crippen LogP contribution is 2.21. The van der Waals surface area contributed by atoms with Crippen molar-refractivity contribution < 1.29 is 9.47 Å². The van der Waals surface area contributed by atoms with Crippen molar-refractivity contribution in [2.75, 3.05) is 25.1 Å². The maximum absolute atomic E-state index is 6.04. The molecule has 0 amide bonds. The van der Waals surface area contributed by atoms with Crippen LogP contribution in [0.25, 0.3) is 0 Å². The molecule has 6 heteroatoms. The standard InChI is InChI=1S/C21H29N3O2.HI/c1-4-17-7-6-8-19(14-17)24-21(22)23-15-18-10-9-16(3)13-20(18)26-12-11-25-5-2;/h6-10,13-14H,4-5,11-12,15H2,1-3H3,(H3,22,23,24);1H. The Morgan fingerprint density at radius 3 is 2.67 bits per heavy atom. The van der Waals surface area contributed by atoms with Crippen LogP contribution in [0.4, 0.5) is 5.69 Å². The van der Waals surface area contributed by atoms with Gasteiger partial charge in [-0.05, 0) is 49.6 Å². The monoisotopic (exact) mass is 483 g/mol. The highest BCUT2D eigenvalue weighted by molar-refractivity contribution is 14.0. The summed E-state index contributed by atoms with van der Waals surface area (Å²) < 4.78 is 11.2. The van der Waals surface area contributed by atoms with Crippen LogP contribution in [0.2, 0.25) is 0 Å². The van der Waals surface area contributed by atoms with Crippen LogP contribution in [0.1, 0.15) is 30.5 Å². The minimum Gasteiger partial charge on any atom is -0.491 e. The van der Waals surface area contributed by atoms with E-state index >= 15 is 0 Å². The Bertz CT molecular complexity index is 735. The molecule has 27 heavy (non-hydrogen) atoms. The second-order valence-electron chi connectivity index (χ2n) is 6.04. The molecule has 0 aliphatic rings. The topological polar surface area (TPSA) is 68.9 Å². The zero-order chi connectivity index (χ0) is 18.8. The van der Waals surface area contributed by atoms with Crippen LogP contribution in [0.15, 0.2) is 47.5 Å². The first-order chi connectivity index (χ1) is 12.6. The normalized spacial score (nSPS) is 11.0. The van der Waals surface area contributed by atoms with Crippen LogP contribution in [-0.4, -0.2) is 25.8 Å². The number of guanidine groups is 1. The third-order valence-electron chi connectivity index (χ3n) is 3.94. The molecule has 0 heterocycles. The van der Waals surface area contributed by atoms with Crippen molar-refractivity contribution in [1.82, 2.24) is 0 Å². The molecule has 2 aromatic carbocycles. The molecule has 148 valence electrons. The van der Waals surface area contributed by atoms with Gasteiger partial charge >= 0.3 is 0 Å². The number of hydrogen-bond acceptors (Lipinski definition) is 3. The fourth-order valence-corrected chi connectivity index (χ4v) is 2.51. The number of ether oxygens (including phenoxy) is 2. The van der Waals surface area contributed by atoms with Crippen LogP contribution in [0.3, 0.4) is 0 Å². The number of hydrogen-bond donors (Lipinski definition) is 2. The number of halogens is 1. The van der Waals surface area contributed by atoms with Gasteiger partial charge in [0.15, 0.2) is 5.96 Å². The Kier molecular flexibility index (Phi) is 10.8. The van der Waals surface area contributed by atoms with Crippen molar-refractivity contribution in [2.45, 2.75) is 33.7 Å². The number of aliphatic imine (C=N–C) groups is 1. The lowest BCUT2D eigenvalue weighted by Crippen LogP contribution is -2.22. The van der Waals surface area contributed by atoms with E-state index in [1.54, 1.807) is 0 Å². The molecule has 3 N–H and O–H groups in total. The summed E-state index contributed by atoms with van der Waals surface area (Å²) in [4.78, 5) is 4.45. The van der Waals surface area contributed by atoms with Gasteiger partial charge in [-0.1, -0.05) is 31.2 Å². The largest absolute Gasteiger partial charge is 0.491 e. The molecule has 0 radical (unpaired) electrons. The first kappa shape index (κ1) is 23.2. The molecule has 5 nitrogen and oxygen atoms in total. The quantitative estimate of drug-likeness (QED) is 0.238. The van der Waals surface area contributed by atoms with Crippen molar-refractivity contribution in [3.63, 3.8) is 0 Å². The van der Waals surface area contributed by atoms with Gasteiger partial charge in [0.1, 0.15) is 12.4 Å². The second kappa shape index (κ2) is 12.6. The molecule has 0 atom stereocenters. The van der Waals surface area contributed by atoms with E-state index in [-0.39, 0.29) is 24.0 Å². The Labute approximate surface area is 179 Å². The van der Waals surface area contributed by atoms with Gasteiger partial charge < -0.3 is 20.5 Å². The first-order valence-electron chi connectivity index (χ1n) is 9.08. The van der Waals surface area contributed by atoms with Gasteiger partial charge in [0.2, 0.25) is 0 Å². The number of anilines is 1. The second-order valence-corrected chi connectivity index (χ2v) is 6.04. The van der Waals surface area contributed by atoms with Crippen LogP contribution < -0.4 is 15.8 Å². The molecular formula is C21H30IN3O2. The average Bonchev–Trinajstić information content (AvgIpc) is 2.64. The maximum Gasteiger partial charge on any atom is 0.193 e. The Morgan fingerprint density at radius 1 is 1.11 bits per heavy atom. The van der Waals surface area contributed by atoms with Gasteiger partial charge in [-0.2, -0.15) is 0 Å². The molecule has 0 unspecified atom stereocenters. The van der Waals surface area contributed by atoms with Crippen molar-refractivity contribution in [1.29, 1.82) is 0 Å². The van der Waals surface area contributed by atoms with Gasteiger partial charge in [0.05, 0.1) is 13.2 Å². The third kappa shape index (κ3) is 8.17. The van der Waals surface area contributed by atoms with Crippen molar-refractivity contribution in [2.24, 2.45) is 10.7 Å². The van der Waals surface area contributed by atoms with E-state index < -0.39 is 0 Å². The Hall–Kier alpha value is -1.80. The van der Waals surface area contributed by atoms with Crippen molar-refractivity contribution in [3.8, 4) is 5.75 Å². The minimum absolute atomic E-state index is 0. The summed E-state index contributed by atoms with van der Waals surface area (Å²) in [7, 11) is 0. The molecule has 0 aromatic heterocycles. The van der Waals surface area contributed by atoms with E-state index in [1.165, 1.54) is 5.56 Å². The zero-order valence-corrected chi connectivity index (χ0v) is 18.7. The van der Waals surface area contributed by atoms with E-state index in [1.807, 2.05) is 38.1 Å². The summed E-state index contributed by atoms with van der Waals surface area (Å²) in [5.41, 5.74) is 10.4.